The Morgan fingerprint density at radius 2 is 1.55 bits per heavy atom. The molecule has 0 saturated heterocycles. The number of ether oxygens (including phenoxy) is 2. The van der Waals surface area contributed by atoms with E-state index >= 15 is 0 Å². The number of alkyl halides is 2. The fourth-order valence-corrected chi connectivity index (χ4v) is 7.87. The second-order valence-corrected chi connectivity index (χ2v) is 18.9. The molecule has 73 heavy (non-hydrogen) atoms. The maximum atomic E-state index is 14.8. The summed E-state index contributed by atoms with van der Waals surface area (Å²) in [6, 6.07) is 4.77. The van der Waals surface area contributed by atoms with E-state index in [0.717, 1.165) is 18.0 Å². The van der Waals surface area contributed by atoms with E-state index in [0.29, 0.717) is 0 Å². The number of carboxylic acid groups (broad SMARTS) is 1. The number of carbonyl (C=O) groups excluding carboxylic acids is 4. The third kappa shape index (κ3) is 13.9. The molecule has 27 heteroatoms. The number of benzene rings is 3. The van der Waals surface area contributed by atoms with E-state index < -0.39 is 118 Å². The number of hydrogen-bond acceptors (Lipinski definition) is 17. The highest BCUT2D eigenvalue weighted by molar-refractivity contribution is 7.87. The fourth-order valence-electron chi connectivity index (χ4n) is 7.47. The molecule has 1 aliphatic heterocycles. The van der Waals surface area contributed by atoms with Gasteiger partial charge in [0.2, 0.25) is 17.7 Å². The minimum atomic E-state index is -4.59. The van der Waals surface area contributed by atoms with Gasteiger partial charge >= 0.3 is 5.97 Å². The van der Waals surface area contributed by atoms with Crippen LogP contribution in [0.4, 0.5) is 14.6 Å². The van der Waals surface area contributed by atoms with Gasteiger partial charge in [-0.2, -0.15) is 13.1 Å². The lowest BCUT2D eigenvalue weighted by molar-refractivity contribution is -0.143. The molecule has 5 rings (SSSR count). The maximum Gasteiger partial charge on any atom is 0.326 e. The van der Waals surface area contributed by atoms with E-state index in [1.54, 1.807) is 0 Å². The predicted molar refractivity (Wildman–Crippen MR) is 259 cm³/mol. The molecule has 16 N–H and O–H groups in total. The number of amides is 4. The number of carboxylic acids is 1. The molecule has 3 aromatic carbocycles. The number of aromatic hydroxyl groups is 1. The number of nitrogens with one attached hydrogen (secondary N) is 4. The third-order valence-electron chi connectivity index (χ3n) is 11.6. The zero-order chi connectivity index (χ0) is 54.3. The largest absolute Gasteiger partial charge is 0.504 e. The van der Waals surface area contributed by atoms with Crippen LogP contribution in [0.15, 0.2) is 54.6 Å². The maximum absolute atomic E-state index is 14.8. The van der Waals surface area contributed by atoms with Crippen LogP contribution in [0.1, 0.15) is 59.6 Å². The molecule has 0 spiro atoms. The summed E-state index contributed by atoms with van der Waals surface area (Å²) in [5.74, 6) is -11.6. The minimum absolute atomic E-state index is 0.00713. The third-order valence-corrected chi connectivity index (χ3v) is 12.2. The Kier molecular flexibility index (Phi) is 18.4. The number of nitrogens with zero attached hydrogens (tertiary/aromatic N) is 3. The number of anilines is 1. The van der Waals surface area contributed by atoms with Crippen LogP contribution >= 0.6 is 0 Å². The van der Waals surface area contributed by atoms with Crippen molar-refractivity contribution >= 4 is 45.6 Å². The number of carbonyl (C=O) groups is 5. The molecule has 1 aliphatic rings. The Labute approximate surface area is 418 Å². The van der Waals surface area contributed by atoms with Gasteiger partial charge in [0.05, 0.1) is 5.69 Å². The number of fused-ring (bicyclic) bond motifs is 5. The molecular weight excluding hydrogens is 985 g/mol. The van der Waals surface area contributed by atoms with Gasteiger partial charge in [-0.1, -0.05) is 44.2 Å². The number of hydrogen-bond donors (Lipinski definition) is 12. The first-order chi connectivity index (χ1) is 34.2. The number of likely N-dealkylation sites (N-methyl/N-ethyl adjacent to an activating group) is 1. The number of aliphatic hydroxyl groups excluding tert-OH is 2. The van der Waals surface area contributed by atoms with Gasteiger partial charge in [-0.3, -0.25) is 19.2 Å². The Morgan fingerprint density at radius 3 is 2.11 bits per heavy atom. The topological polar surface area (TPSA) is 400 Å². The molecule has 6 atom stereocenters. The minimum Gasteiger partial charge on any atom is -0.504 e. The molecule has 4 amide bonds. The molecule has 0 radical (unpaired) electrons. The molecule has 0 aliphatic carbocycles. The van der Waals surface area contributed by atoms with Gasteiger partial charge in [0.1, 0.15) is 66.7 Å². The Bertz CT molecular complexity index is 2800. The number of halogens is 2. The molecule has 396 valence electrons. The zero-order valence-corrected chi connectivity index (χ0v) is 41.1. The van der Waals surface area contributed by atoms with Crippen LogP contribution in [0.5, 0.6) is 17.2 Å². The number of phenols is 1. The highest BCUT2D eigenvalue weighted by Gasteiger charge is 2.38. The summed E-state index contributed by atoms with van der Waals surface area (Å²) in [5.41, 5.74) is 17.0. The van der Waals surface area contributed by atoms with Crippen molar-refractivity contribution in [3.63, 3.8) is 0 Å². The normalized spacial score (nSPS) is 17.6. The first-order valence-electron chi connectivity index (χ1n) is 22.5. The highest BCUT2D eigenvalue weighted by atomic mass is 32.2. The van der Waals surface area contributed by atoms with E-state index in [1.165, 1.54) is 76.2 Å². The van der Waals surface area contributed by atoms with Crippen LogP contribution < -0.4 is 52.5 Å². The predicted octanol–water partition coefficient (Wildman–Crippen LogP) is -0.727. The van der Waals surface area contributed by atoms with Crippen molar-refractivity contribution in [3.05, 3.63) is 82.5 Å². The van der Waals surface area contributed by atoms with Gasteiger partial charge in [0, 0.05) is 61.3 Å². The van der Waals surface area contributed by atoms with E-state index in [1.807, 2.05) is 4.72 Å². The molecule has 2 heterocycles. The van der Waals surface area contributed by atoms with Crippen LogP contribution in [0.3, 0.4) is 0 Å². The molecule has 0 unspecified atom stereocenters. The standard InChI is InChI=1S/C46H59F2N11O13S/c1-21(2)46(47,48)27-9-7-25(8-10-27)40-54-22(3)36(39(51)58-40)42(64)57-33(18-53-73(52,69)70)44(66)59(5)37-26-14-31(38(62)35(15-26)72-20-29(61)17-50)30-12-24(6-11-34(30)71-19-28(60)16-49)13-32(45(67)68)56-41(63)23(4)55-43(37)65/h6-12,14-15,21,23,28-29,32-33,37,53,60-62H,13,16-20,49-50H2,1-5H3,(H,55,65)(H,56,63)(H,57,64)(H,67,68)(H2,51,54,58)(H2,52,69,70)/t23-,28+,29+,32-,33-,37-/m0/s1. The second kappa shape index (κ2) is 23.6. The zero-order valence-electron chi connectivity index (χ0n) is 40.3. The van der Waals surface area contributed by atoms with Crippen molar-refractivity contribution in [2.24, 2.45) is 22.5 Å². The van der Waals surface area contributed by atoms with Crippen molar-refractivity contribution in [3.8, 4) is 39.8 Å². The smallest absolute Gasteiger partial charge is 0.326 e. The molecule has 0 fully saturated rings. The van der Waals surface area contributed by atoms with Gasteiger partial charge in [0.15, 0.2) is 17.3 Å². The molecule has 4 bridgehead atoms. The number of aryl methyl sites for hydroxylation is 1. The van der Waals surface area contributed by atoms with E-state index in [4.69, 9.17) is 31.8 Å². The summed E-state index contributed by atoms with van der Waals surface area (Å²) in [5, 5.41) is 55.1. The Morgan fingerprint density at radius 1 is 0.932 bits per heavy atom. The molecular formula is C46H59F2N11O13S. The quantitative estimate of drug-likeness (QED) is 0.0551. The molecule has 24 nitrogen and oxygen atoms in total. The van der Waals surface area contributed by atoms with Crippen molar-refractivity contribution in [2.45, 2.75) is 76.4 Å². The number of aliphatic carboxylic acids is 1. The van der Waals surface area contributed by atoms with Crippen molar-refractivity contribution in [1.29, 1.82) is 0 Å². The van der Waals surface area contributed by atoms with Gasteiger partial charge in [-0.15, -0.1) is 0 Å². The number of phenolic OH excluding ortho intramolecular Hbond substituents is 1. The van der Waals surface area contributed by atoms with Crippen LogP contribution in [0.2, 0.25) is 0 Å². The summed E-state index contributed by atoms with van der Waals surface area (Å²) in [6.07, 6.45) is -2.79. The lowest BCUT2D eigenvalue weighted by atomic mass is 9.93. The average molecular weight is 1040 g/mol. The molecule has 1 aromatic heterocycles. The van der Waals surface area contributed by atoms with Crippen molar-refractivity contribution in [1.82, 2.24) is 35.5 Å². The summed E-state index contributed by atoms with van der Waals surface area (Å²) in [7, 11) is -3.52. The number of nitrogens with two attached hydrogens (primary N) is 4. The summed E-state index contributed by atoms with van der Waals surface area (Å²) < 4.78 is 67.6. The monoisotopic (exact) mass is 1040 g/mol. The van der Waals surface area contributed by atoms with Gasteiger partial charge in [0.25, 0.3) is 22.0 Å². The van der Waals surface area contributed by atoms with Crippen LogP contribution in [0, 0.1) is 12.8 Å². The second-order valence-electron chi connectivity index (χ2n) is 17.5. The highest BCUT2D eigenvalue weighted by Crippen LogP contribution is 2.45. The van der Waals surface area contributed by atoms with Crippen LogP contribution in [-0.4, -0.2) is 144 Å². The SMILES string of the molecule is Cc1nc(-c2ccc(C(F)(F)C(C)C)cc2)nc(N)c1C(=O)N[C@@H](CNS(N)(=O)=O)C(=O)N(C)[C@@H]1C(=O)N[C@@H](C)C(=O)N[C@H](C(=O)O)Cc2ccc(OC[C@H](O)CN)c(c2)-c2cc1cc(OC[C@H](O)CN)c2O. The summed E-state index contributed by atoms with van der Waals surface area (Å²) in [6.45, 7) is 2.97. The molecule has 0 saturated carbocycles. The number of rotatable bonds is 19. The average Bonchev–Trinajstić information content (AvgIpc) is 3.33. The van der Waals surface area contributed by atoms with Crippen molar-refractivity contribution < 1.29 is 71.1 Å². The van der Waals surface area contributed by atoms with Crippen LogP contribution in [0.25, 0.3) is 22.5 Å². The molecule has 4 aromatic rings. The first kappa shape index (κ1) is 56.8. The number of nitrogen functional groups attached to an aromatic ring is 1. The summed E-state index contributed by atoms with van der Waals surface area (Å²) >= 11 is 0. The van der Waals surface area contributed by atoms with E-state index in [-0.39, 0.29) is 82.3 Å². The van der Waals surface area contributed by atoms with Gasteiger partial charge in [-0.05, 0) is 49.2 Å². The number of aromatic nitrogens is 2. The van der Waals surface area contributed by atoms with E-state index in [2.05, 4.69) is 25.9 Å². The first-order valence-corrected chi connectivity index (χ1v) is 24.0. The Balaban J connectivity index is 1.65. The summed E-state index contributed by atoms with van der Waals surface area (Å²) in [4.78, 5) is 79.0. The fraction of sp³-hybridized carbons (Fsp3) is 0.413. The van der Waals surface area contributed by atoms with Crippen molar-refractivity contribution in [2.75, 3.05) is 45.6 Å². The number of aliphatic hydroxyl groups is 2. The lowest BCUT2D eigenvalue weighted by Gasteiger charge is -2.33. The van der Waals surface area contributed by atoms with Gasteiger partial charge in [-0.25, -0.2) is 28.7 Å². The Hall–Kier alpha value is -7.14. The van der Waals surface area contributed by atoms with Crippen LogP contribution in [-0.2, 0) is 41.7 Å². The van der Waals surface area contributed by atoms with E-state index in [9.17, 15) is 61.6 Å². The van der Waals surface area contributed by atoms with Gasteiger partial charge < -0.3 is 68.0 Å². The lowest BCUT2D eigenvalue weighted by Crippen LogP contribution is -2.57.